The van der Waals surface area contributed by atoms with Crippen LogP contribution in [0, 0.1) is 5.82 Å². The van der Waals surface area contributed by atoms with Gasteiger partial charge in [0.15, 0.2) is 0 Å². The highest BCUT2D eigenvalue weighted by molar-refractivity contribution is 5.35. The molecule has 1 fully saturated rings. The molecule has 106 valence electrons. The summed E-state index contributed by atoms with van der Waals surface area (Å²) < 4.78 is 13.4. The maximum absolute atomic E-state index is 13.4. The number of likely N-dealkylation sites (N-methyl/N-ethyl adjacent to an activating group) is 1. The third kappa shape index (κ3) is 2.90. The molecular weight excluding hydrogens is 243 g/mol. The van der Waals surface area contributed by atoms with Gasteiger partial charge in [-0.25, -0.2) is 4.39 Å². The molecule has 0 bridgehead atoms. The number of halogens is 1. The van der Waals surface area contributed by atoms with E-state index in [0.717, 1.165) is 13.1 Å². The molecule has 2 rings (SSSR count). The summed E-state index contributed by atoms with van der Waals surface area (Å²) in [4.78, 5) is 4.67. The maximum Gasteiger partial charge on any atom is 0.123 e. The third-order valence-corrected chi connectivity index (χ3v) is 4.38. The second kappa shape index (κ2) is 5.47. The first-order chi connectivity index (χ1) is 8.90. The zero-order valence-electron chi connectivity index (χ0n) is 12.1. The van der Waals surface area contributed by atoms with E-state index in [1.807, 2.05) is 6.92 Å². The van der Waals surface area contributed by atoms with E-state index in [1.54, 1.807) is 0 Å². The van der Waals surface area contributed by atoms with Gasteiger partial charge in [-0.3, -0.25) is 9.80 Å². The summed E-state index contributed by atoms with van der Waals surface area (Å²) in [6, 6.07) is 5.11. The summed E-state index contributed by atoms with van der Waals surface area (Å²) in [5.41, 5.74) is 0.670. The van der Waals surface area contributed by atoms with Crippen LogP contribution in [-0.2, 0) is 0 Å². The Balaban J connectivity index is 2.19. The molecule has 1 aromatic carbocycles. The fourth-order valence-corrected chi connectivity index (χ4v) is 2.82. The molecule has 1 heterocycles. The molecule has 0 saturated carbocycles. The number of aromatic hydroxyl groups is 1. The molecule has 0 aromatic heterocycles. The first-order valence-electron chi connectivity index (χ1n) is 6.84. The second-order valence-electron chi connectivity index (χ2n) is 5.70. The fourth-order valence-electron chi connectivity index (χ4n) is 2.82. The van der Waals surface area contributed by atoms with Gasteiger partial charge in [0.1, 0.15) is 11.6 Å². The van der Waals surface area contributed by atoms with Gasteiger partial charge in [-0.1, -0.05) is 0 Å². The monoisotopic (exact) mass is 266 g/mol. The summed E-state index contributed by atoms with van der Waals surface area (Å²) in [6.07, 6.45) is 0. The number of nitrogens with zero attached hydrogens (tertiary/aromatic N) is 2. The molecule has 1 N–H and O–H groups in total. The Morgan fingerprint density at radius 2 is 1.84 bits per heavy atom. The molecule has 0 amide bonds. The van der Waals surface area contributed by atoms with Crippen LogP contribution in [0.5, 0.6) is 5.75 Å². The largest absolute Gasteiger partial charge is 0.508 e. The van der Waals surface area contributed by atoms with Gasteiger partial charge in [-0.15, -0.1) is 0 Å². The van der Waals surface area contributed by atoms with Crippen LogP contribution in [-0.4, -0.2) is 47.1 Å². The van der Waals surface area contributed by atoms with E-state index in [2.05, 4.69) is 30.7 Å². The van der Waals surface area contributed by atoms with Crippen molar-refractivity contribution in [2.24, 2.45) is 0 Å². The summed E-state index contributed by atoms with van der Waals surface area (Å²) >= 11 is 0. The average molecular weight is 266 g/mol. The van der Waals surface area contributed by atoms with Gasteiger partial charge < -0.3 is 5.11 Å². The molecule has 4 heteroatoms. The summed E-state index contributed by atoms with van der Waals surface area (Å²) in [5, 5.41) is 9.92. The summed E-state index contributed by atoms with van der Waals surface area (Å²) in [5.74, 6) is -0.122. The Morgan fingerprint density at radius 1 is 1.26 bits per heavy atom. The lowest BCUT2D eigenvalue weighted by atomic mass is 10.0. The SMILES string of the molecule is CC(c1cc(F)ccc1O)N1CC(C)N(C)C(C)C1. The zero-order valence-corrected chi connectivity index (χ0v) is 12.1. The number of piperazine rings is 1. The van der Waals surface area contributed by atoms with Crippen molar-refractivity contribution in [3.8, 4) is 5.75 Å². The van der Waals surface area contributed by atoms with Gasteiger partial charge in [0.25, 0.3) is 0 Å². The molecule has 1 saturated heterocycles. The Bertz CT molecular complexity index is 440. The first kappa shape index (κ1) is 14.3. The molecule has 19 heavy (non-hydrogen) atoms. The van der Waals surface area contributed by atoms with E-state index >= 15 is 0 Å². The number of hydrogen-bond acceptors (Lipinski definition) is 3. The van der Waals surface area contributed by atoms with E-state index < -0.39 is 0 Å². The molecule has 3 atom stereocenters. The third-order valence-electron chi connectivity index (χ3n) is 4.38. The van der Waals surface area contributed by atoms with E-state index in [9.17, 15) is 9.50 Å². The van der Waals surface area contributed by atoms with Gasteiger partial charge in [0.05, 0.1) is 0 Å². The van der Waals surface area contributed by atoms with Crippen LogP contribution in [0.2, 0.25) is 0 Å². The lowest BCUT2D eigenvalue weighted by Gasteiger charge is -2.45. The predicted molar refractivity (Wildman–Crippen MR) is 74.7 cm³/mol. The standard InChI is InChI=1S/C15H23FN2O/c1-10-8-18(9-11(2)17(10)4)12(3)14-7-13(16)5-6-15(14)19/h5-7,10-12,19H,8-9H2,1-4H3. The van der Waals surface area contributed by atoms with E-state index in [0.29, 0.717) is 17.6 Å². The first-order valence-corrected chi connectivity index (χ1v) is 6.84. The minimum atomic E-state index is -0.296. The van der Waals surface area contributed by atoms with Gasteiger partial charge >= 0.3 is 0 Å². The molecule has 0 radical (unpaired) electrons. The highest BCUT2D eigenvalue weighted by Gasteiger charge is 2.30. The molecule has 1 aliphatic heterocycles. The van der Waals surface area contributed by atoms with Crippen molar-refractivity contribution in [2.45, 2.75) is 38.9 Å². The second-order valence-corrected chi connectivity index (χ2v) is 5.70. The van der Waals surface area contributed by atoms with Crippen LogP contribution in [0.25, 0.3) is 0 Å². The topological polar surface area (TPSA) is 26.7 Å². The van der Waals surface area contributed by atoms with Crippen LogP contribution in [0.4, 0.5) is 4.39 Å². The van der Waals surface area contributed by atoms with Crippen LogP contribution in [0.1, 0.15) is 32.4 Å². The maximum atomic E-state index is 13.4. The van der Waals surface area contributed by atoms with Crippen LogP contribution in [0.3, 0.4) is 0 Å². The highest BCUT2D eigenvalue weighted by atomic mass is 19.1. The number of benzene rings is 1. The van der Waals surface area contributed by atoms with E-state index in [-0.39, 0.29) is 17.6 Å². The van der Waals surface area contributed by atoms with Crippen LogP contribution < -0.4 is 0 Å². The van der Waals surface area contributed by atoms with Gasteiger partial charge in [0.2, 0.25) is 0 Å². The van der Waals surface area contributed by atoms with Gasteiger partial charge in [-0.05, 0) is 46.0 Å². The van der Waals surface area contributed by atoms with Crippen molar-refractivity contribution in [1.82, 2.24) is 9.80 Å². The fraction of sp³-hybridized carbons (Fsp3) is 0.600. The molecule has 0 spiro atoms. The number of phenolic OH excluding ortho intramolecular Hbond substituents is 1. The Labute approximate surface area is 114 Å². The van der Waals surface area contributed by atoms with Crippen LogP contribution >= 0.6 is 0 Å². The number of rotatable bonds is 2. The molecule has 1 aliphatic rings. The van der Waals surface area contributed by atoms with Crippen molar-refractivity contribution in [3.63, 3.8) is 0 Å². The predicted octanol–water partition coefficient (Wildman–Crippen LogP) is 2.62. The van der Waals surface area contributed by atoms with Crippen molar-refractivity contribution in [2.75, 3.05) is 20.1 Å². The van der Waals surface area contributed by atoms with Gasteiger partial charge in [0, 0.05) is 36.8 Å². The average Bonchev–Trinajstić information content (AvgIpc) is 2.37. The minimum Gasteiger partial charge on any atom is -0.508 e. The molecule has 1 aromatic rings. The van der Waals surface area contributed by atoms with Gasteiger partial charge in [-0.2, -0.15) is 0 Å². The highest BCUT2D eigenvalue weighted by Crippen LogP contribution is 2.31. The Hall–Kier alpha value is -1.13. The molecular formula is C15H23FN2O. The number of phenols is 1. The Kier molecular flexibility index (Phi) is 4.11. The molecule has 3 nitrogen and oxygen atoms in total. The normalized spacial score (nSPS) is 27.4. The zero-order chi connectivity index (χ0) is 14.2. The lowest BCUT2D eigenvalue weighted by molar-refractivity contribution is 0.0371. The van der Waals surface area contributed by atoms with E-state index in [4.69, 9.17) is 0 Å². The minimum absolute atomic E-state index is 0.0225. The smallest absolute Gasteiger partial charge is 0.123 e. The Morgan fingerprint density at radius 3 is 2.42 bits per heavy atom. The quantitative estimate of drug-likeness (QED) is 0.891. The number of hydrogen-bond donors (Lipinski definition) is 1. The van der Waals surface area contributed by atoms with E-state index in [1.165, 1.54) is 18.2 Å². The summed E-state index contributed by atoms with van der Waals surface area (Å²) in [6.45, 7) is 8.27. The lowest BCUT2D eigenvalue weighted by Crippen LogP contribution is -2.55. The van der Waals surface area contributed by atoms with Crippen LogP contribution in [0.15, 0.2) is 18.2 Å². The van der Waals surface area contributed by atoms with Crippen molar-refractivity contribution in [1.29, 1.82) is 0 Å². The van der Waals surface area contributed by atoms with Crippen molar-refractivity contribution >= 4 is 0 Å². The molecule has 0 aliphatic carbocycles. The van der Waals surface area contributed by atoms with Crippen molar-refractivity contribution < 1.29 is 9.50 Å². The van der Waals surface area contributed by atoms with Crippen molar-refractivity contribution in [3.05, 3.63) is 29.6 Å². The summed E-state index contributed by atoms with van der Waals surface area (Å²) in [7, 11) is 2.14. The molecule has 3 unspecified atom stereocenters.